The monoisotopic (exact) mass is 233 g/mol. The van der Waals surface area contributed by atoms with Gasteiger partial charge in [0, 0.05) is 13.0 Å². The van der Waals surface area contributed by atoms with Crippen molar-refractivity contribution in [2.45, 2.75) is 25.4 Å². The number of carbonyl (C=O) groups excluding carboxylic acids is 1. The molecule has 1 aromatic rings. The van der Waals surface area contributed by atoms with Gasteiger partial charge >= 0.3 is 0 Å². The Bertz CT molecular complexity index is 401. The Morgan fingerprint density at radius 2 is 2.18 bits per heavy atom. The summed E-state index contributed by atoms with van der Waals surface area (Å²) in [6.45, 7) is 1.31. The lowest BCUT2D eigenvalue weighted by atomic mass is 10.1. The maximum absolute atomic E-state index is 12.1. The van der Waals surface area contributed by atoms with Crippen molar-refractivity contribution in [2.75, 3.05) is 13.2 Å². The summed E-state index contributed by atoms with van der Waals surface area (Å²) < 4.78 is 5.65. The molecule has 3 rings (SSSR count). The minimum Gasteiger partial charge on any atom is -0.480 e. The zero-order chi connectivity index (χ0) is 11.7. The smallest absolute Gasteiger partial charge is 0.287 e. The standard InChI is InChI=1S/C13H15NO3/c15-13(14-7-3-4-8-16-14)12-9-10-5-1-2-6-11(10)17-12/h1-2,5-6,12H,3-4,7-9H2. The molecule has 1 aromatic carbocycles. The second-order valence-electron chi connectivity index (χ2n) is 4.40. The molecule has 1 fully saturated rings. The third-order valence-corrected chi connectivity index (χ3v) is 3.17. The lowest BCUT2D eigenvalue weighted by molar-refractivity contribution is -0.203. The summed E-state index contributed by atoms with van der Waals surface area (Å²) in [5, 5.41) is 1.46. The first-order valence-electron chi connectivity index (χ1n) is 6.03. The molecule has 0 bridgehead atoms. The molecule has 0 N–H and O–H groups in total. The molecule has 0 spiro atoms. The first-order chi connectivity index (χ1) is 8.34. The van der Waals surface area contributed by atoms with Gasteiger partial charge in [-0.05, 0) is 24.5 Å². The molecule has 0 saturated carbocycles. The summed E-state index contributed by atoms with van der Waals surface area (Å²) in [5.74, 6) is 0.767. The lowest BCUT2D eigenvalue weighted by Gasteiger charge is -2.27. The number of fused-ring (bicyclic) bond motifs is 1. The van der Waals surface area contributed by atoms with Crippen molar-refractivity contribution in [3.63, 3.8) is 0 Å². The quantitative estimate of drug-likeness (QED) is 0.738. The fourth-order valence-corrected chi connectivity index (χ4v) is 2.25. The molecule has 2 heterocycles. The van der Waals surface area contributed by atoms with Gasteiger partial charge in [-0.25, -0.2) is 5.06 Å². The van der Waals surface area contributed by atoms with Crippen LogP contribution in [0.15, 0.2) is 24.3 Å². The van der Waals surface area contributed by atoms with Crippen molar-refractivity contribution in [3.8, 4) is 5.75 Å². The predicted octanol–water partition coefficient (Wildman–Crippen LogP) is 1.54. The zero-order valence-electron chi connectivity index (χ0n) is 9.59. The van der Waals surface area contributed by atoms with Crippen molar-refractivity contribution in [1.82, 2.24) is 5.06 Å². The number of nitrogens with zero attached hydrogens (tertiary/aromatic N) is 1. The van der Waals surface area contributed by atoms with Crippen molar-refractivity contribution in [1.29, 1.82) is 0 Å². The Morgan fingerprint density at radius 1 is 1.29 bits per heavy atom. The molecular formula is C13H15NO3. The SMILES string of the molecule is O=C(C1Cc2ccccc2O1)N1CCCCO1. The molecule has 0 aliphatic carbocycles. The van der Waals surface area contributed by atoms with E-state index in [0.29, 0.717) is 19.6 Å². The Balaban J connectivity index is 1.69. The normalized spacial score (nSPS) is 23.1. The molecule has 2 aliphatic heterocycles. The number of hydroxylamine groups is 2. The second kappa shape index (κ2) is 4.37. The minimum atomic E-state index is -0.412. The molecular weight excluding hydrogens is 218 g/mol. The van der Waals surface area contributed by atoms with E-state index in [9.17, 15) is 4.79 Å². The van der Waals surface area contributed by atoms with Crippen LogP contribution in [0.2, 0.25) is 0 Å². The van der Waals surface area contributed by atoms with Gasteiger partial charge in [0.15, 0.2) is 6.10 Å². The van der Waals surface area contributed by atoms with E-state index in [1.807, 2.05) is 24.3 Å². The highest BCUT2D eigenvalue weighted by Crippen LogP contribution is 2.29. The van der Waals surface area contributed by atoms with Gasteiger partial charge < -0.3 is 4.74 Å². The number of carbonyl (C=O) groups is 1. The number of para-hydroxylation sites is 1. The summed E-state index contributed by atoms with van der Waals surface area (Å²) in [7, 11) is 0. The minimum absolute atomic E-state index is 0.0547. The van der Waals surface area contributed by atoms with E-state index in [1.165, 1.54) is 5.06 Å². The second-order valence-corrected chi connectivity index (χ2v) is 4.40. The molecule has 0 aromatic heterocycles. The van der Waals surface area contributed by atoms with E-state index in [1.54, 1.807) is 0 Å². The Kier molecular flexibility index (Phi) is 2.73. The zero-order valence-corrected chi connectivity index (χ0v) is 9.59. The number of rotatable bonds is 1. The number of ether oxygens (including phenoxy) is 1. The van der Waals surface area contributed by atoms with Gasteiger partial charge in [-0.15, -0.1) is 0 Å². The maximum Gasteiger partial charge on any atom is 0.287 e. The van der Waals surface area contributed by atoms with Crippen LogP contribution >= 0.6 is 0 Å². The first-order valence-corrected chi connectivity index (χ1v) is 6.03. The summed E-state index contributed by atoms with van der Waals surface area (Å²) in [6, 6.07) is 7.79. The first kappa shape index (κ1) is 10.6. The van der Waals surface area contributed by atoms with Crippen LogP contribution in [0, 0.1) is 0 Å². The predicted molar refractivity (Wildman–Crippen MR) is 61.5 cm³/mol. The fourth-order valence-electron chi connectivity index (χ4n) is 2.25. The van der Waals surface area contributed by atoms with Gasteiger partial charge in [0.25, 0.3) is 5.91 Å². The van der Waals surface area contributed by atoms with E-state index < -0.39 is 6.10 Å². The average molecular weight is 233 g/mol. The molecule has 1 amide bonds. The highest BCUT2D eigenvalue weighted by molar-refractivity contribution is 5.81. The topological polar surface area (TPSA) is 38.8 Å². The molecule has 0 radical (unpaired) electrons. The van der Waals surface area contributed by atoms with E-state index >= 15 is 0 Å². The van der Waals surface area contributed by atoms with Gasteiger partial charge in [-0.1, -0.05) is 18.2 Å². The summed E-state index contributed by atoms with van der Waals surface area (Å²) in [4.78, 5) is 17.5. The van der Waals surface area contributed by atoms with Crippen molar-refractivity contribution < 1.29 is 14.4 Å². The number of amides is 1. The van der Waals surface area contributed by atoms with Gasteiger partial charge in [0.05, 0.1) is 6.61 Å². The molecule has 4 nitrogen and oxygen atoms in total. The van der Waals surface area contributed by atoms with E-state index in [4.69, 9.17) is 9.57 Å². The van der Waals surface area contributed by atoms with Crippen LogP contribution < -0.4 is 4.74 Å². The number of hydrogen-bond donors (Lipinski definition) is 0. The van der Waals surface area contributed by atoms with E-state index in [0.717, 1.165) is 24.2 Å². The molecule has 17 heavy (non-hydrogen) atoms. The van der Waals surface area contributed by atoms with Gasteiger partial charge in [0.1, 0.15) is 5.75 Å². The fraction of sp³-hybridized carbons (Fsp3) is 0.462. The van der Waals surface area contributed by atoms with Crippen LogP contribution in [0.5, 0.6) is 5.75 Å². The summed E-state index contributed by atoms with van der Waals surface area (Å²) in [6.07, 6.45) is 2.26. The van der Waals surface area contributed by atoms with Crippen molar-refractivity contribution in [2.24, 2.45) is 0 Å². The molecule has 90 valence electrons. The van der Waals surface area contributed by atoms with Crippen LogP contribution in [0.25, 0.3) is 0 Å². The molecule has 1 atom stereocenters. The van der Waals surface area contributed by atoms with Crippen LogP contribution in [0.1, 0.15) is 18.4 Å². The van der Waals surface area contributed by atoms with Gasteiger partial charge in [-0.2, -0.15) is 0 Å². The van der Waals surface area contributed by atoms with Gasteiger partial charge in [0.2, 0.25) is 0 Å². The largest absolute Gasteiger partial charge is 0.480 e. The maximum atomic E-state index is 12.1. The Labute approximate surface area is 100 Å². The Hall–Kier alpha value is -1.55. The third-order valence-electron chi connectivity index (χ3n) is 3.17. The Morgan fingerprint density at radius 3 is 2.94 bits per heavy atom. The third kappa shape index (κ3) is 2.00. The number of benzene rings is 1. The van der Waals surface area contributed by atoms with Crippen molar-refractivity contribution in [3.05, 3.63) is 29.8 Å². The van der Waals surface area contributed by atoms with E-state index in [2.05, 4.69) is 0 Å². The molecule has 2 aliphatic rings. The molecule has 1 unspecified atom stereocenters. The summed E-state index contributed by atoms with van der Waals surface area (Å²) in [5.41, 5.74) is 1.10. The van der Waals surface area contributed by atoms with E-state index in [-0.39, 0.29) is 5.91 Å². The van der Waals surface area contributed by atoms with Gasteiger partial charge in [-0.3, -0.25) is 9.63 Å². The number of hydrogen-bond acceptors (Lipinski definition) is 3. The highest BCUT2D eigenvalue weighted by atomic mass is 16.7. The van der Waals surface area contributed by atoms with Crippen molar-refractivity contribution >= 4 is 5.91 Å². The van der Waals surface area contributed by atoms with Crippen LogP contribution in [0.3, 0.4) is 0 Å². The average Bonchev–Trinajstić information content (AvgIpc) is 2.82. The lowest BCUT2D eigenvalue weighted by Crippen LogP contribution is -2.43. The van der Waals surface area contributed by atoms with Crippen LogP contribution in [-0.2, 0) is 16.1 Å². The molecule has 4 heteroatoms. The molecule has 1 saturated heterocycles. The van der Waals surface area contributed by atoms with Crippen LogP contribution in [0.4, 0.5) is 0 Å². The summed E-state index contributed by atoms with van der Waals surface area (Å²) >= 11 is 0. The van der Waals surface area contributed by atoms with Crippen LogP contribution in [-0.4, -0.2) is 30.2 Å². The highest BCUT2D eigenvalue weighted by Gasteiger charge is 2.33.